The summed E-state index contributed by atoms with van der Waals surface area (Å²) in [6.45, 7) is 12.4. The molecule has 0 saturated carbocycles. The Labute approximate surface area is 311 Å². The number of nitrogens with zero attached hydrogens (tertiary/aromatic N) is 7. The van der Waals surface area contributed by atoms with E-state index < -0.39 is 5.79 Å². The number of hydrogen-bond donors (Lipinski definition) is 2. The lowest BCUT2D eigenvalue weighted by Crippen LogP contribution is -2.46. The van der Waals surface area contributed by atoms with Gasteiger partial charge in [-0.2, -0.15) is 15.0 Å². The van der Waals surface area contributed by atoms with Gasteiger partial charge >= 0.3 is 6.03 Å². The number of carbonyl (C=O) groups is 1. The average molecular weight is 720 g/mol. The highest BCUT2D eigenvalue weighted by atomic mass is 16.8. The Morgan fingerprint density at radius 2 is 1.64 bits per heavy atom. The first-order valence-corrected chi connectivity index (χ1v) is 18.4. The highest BCUT2D eigenvalue weighted by molar-refractivity contribution is 6.06. The molecule has 0 radical (unpaired) electrons. The summed E-state index contributed by atoms with van der Waals surface area (Å²) in [5, 5.41) is 20.2. The van der Waals surface area contributed by atoms with Gasteiger partial charge < -0.3 is 29.3 Å². The molecule has 13 nitrogen and oxygen atoms in total. The monoisotopic (exact) mass is 719 g/mol. The molecule has 2 aliphatic heterocycles. The number of hydrogen-bond acceptors (Lipinski definition) is 10. The minimum Gasteiger partial charge on any atom is -0.491 e. The van der Waals surface area contributed by atoms with E-state index in [0.29, 0.717) is 18.9 Å². The van der Waals surface area contributed by atoms with Crippen molar-refractivity contribution >= 4 is 40.3 Å². The van der Waals surface area contributed by atoms with Crippen LogP contribution in [-0.4, -0.2) is 83.9 Å². The van der Waals surface area contributed by atoms with Crippen molar-refractivity contribution < 1.29 is 19.0 Å². The van der Waals surface area contributed by atoms with E-state index in [0.717, 1.165) is 72.5 Å². The van der Waals surface area contributed by atoms with Crippen LogP contribution >= 0.6 is 0 Å². The molecular weight excluding hydrogens is 670 g/mol. The molecule has 2 saturated heterocycles. The number of nitrogens with one attached hydrogen (secondary N) is 2. The van der Waals surface area contributed by atoms with Crippen molar-refractivity contribution in [2.75, 3.05) is 54.1 Å². The molecule has 3 atom stereocenters. The second-order valence-corrected chi connectivity index (χ2v) is 12.8. The first kappa shape index (κ1) is 37.2. The zero-order valence-electron chi connectivity index (χ0n) is 30.9. The van der Waals surface area contributed by atoms with Crippen molar-refractivity contribution in [1.29, 1.82) is 5.41 Å². The lowest BCUT2D eigenvalue weighted by Gasteiger charge is -2.37. The highest BCUT2D eigenvalue weighted by Crippen LogP contribution is 2.37. The van der Waals surface area contributed by atoms with E-state index in [2.05, 4.69) is 42.4 Å². The van der Waals surface area contributed by atoms with Crippen LogP contribution in [-0.2, 0) is 21.8 Å². The summed E-state index contributed by atoms with van der Waals surface area (Å²) in [5.41, 5.74) is 4.60. The molecule has 5 aromatic rings. The number of carbonyl (C=O) groups excluding carboxylic acids is 1. The van der Waals surface area contributed by atoms with Gasteiger partial charge in [0.25, 0.3) is 0 Å². The van der Waals surface area contributed by atoms with Crippen LogP contribution in [0.2, 0.25) is 0 Å². The molecule has 13 heteroatoms. The van der Waals surface area contributed by atoms with Crippen LogP contribution in [0.15, 0.2) is 97.5 Å². The van der Waals surface area contributed by atoms with Gasteiger partial charge in [-0.05, 0) is 74.0 Å². The summed E-state index contributed by atoms with van der Waals surface area (Å²) < 4.78 is 19.1. The number of anilines is 3. The van der Waals surface area contributed by atoms with Crippen LogP contribution in [0.1, 0.15) is 39.7 Å². The maximum Gasteiger partial charge on any atom is 0.327 e. The Kier molecular flexibility index (Phi) is 12.2. The van der Waals surface area contributed by atoms with Crippen molar-refractivity contribution in [1.82, 2.24) is 25.3 Å². The minimum absolute atomic E-state index is 0.0409. The van der Waals surface area contributed by atoms with Gasteiger partial charge in [-0.3, -0.25) is 15.3 Å². The van der Waals surface area contributed by atoms with Gasteiger partial charge in [0.05, 0.1) is 36.5 Å². The highest BCUT2D eigenvalue weighted by Gasteiger charge is 2.45. The van der Waals surface area contributed by atoms with Gasteiger partial charge in [0.2, 0.25) is 5.79 Å². The summed E-state index contributed by atoms with van der Waals surface area (Å²) >= 11 is 0. The number of pyridine rings is 1. The second-order valence-electron chi connectivity index (χ2n) is 12.8. The third-order valence-electron chi connectivity index (χ3n) is 9.45. The van der Waals surface area contributed by atoms with Gasteiger partial charge in [0, 0.05) is 60.7 Å². The number of benzene rings is 3. The van der Waals surface area contributed by atoms with Crippen LogP contribution in [0.25, 0.3) is 10.9 Å². The second kappa shape index (κ2) is 17.3. The normalized spacial score (nSPS) is 18.9. The number of urea groups is 1. The molecule has 2 aromatic heterocycles. The van der Waals surface area contributed by atoms with E-state index in [1.165, 1.54) is 4.90 Å². The first-order valence-electron chi connectivity index (χ1n) is 18.4. The number of amides is 2. The number of piperazine rings is 1. The molecular formula is C40H49N9O4. The standard InChI is InChI=1S/C38H43N9O4.C2H6/c1-3-28(2)43-37(48)46(27-39)33-10-8-31(9-11-33)44-18-20-45(21-19-44)32-12-14-34(15-13-32)49-24-35-25-50-38(51-35,26-47-41-16-17-42-47)30-22-29-6-4-5-7-36(29)40-23-30;1-2/h4-17,22-23,27-28,35,39H,3,18-21,24-26H2,1-2H3,(H,43,48);1-2H3. The van der Waals surface area contributed by atoms with E-state index in [9.17, 15) is 4.79 Å². The number of fused-ring (bicyclic) bond motifs is 1. The van der Waals surface area contributed by atoms with Crippen LogP contribution in [0.3, 0.4) is 0 Å². The quantitative estimate of drug-likeness (QED) is 0.110. The lowest BCUT2D eigenvalue weighted by molar-refractivity contribution is -0.192. The predicted octanol–water partition coefficient (Wildman–Crippen LogP) is 6.45. The van der Waals surface area contributed by atoms with Crippen molar-refractivity contribution in [3.8, 4) is 5.75 Å². The fourth-order valence-corrected chi connectivity index (χ4v) is 6.39. The molecule has 0 spiro atoms. The molecule has 2 aliphatic rings. The van der Waals surface area contributed by atoms with Crippen LogP contribution in [0, 0.1) is 5.41 Å². The molecule has 2 fully saturated rings. The minimum atomic E-state index is -1.09. The third kappa shape index (κ3) is 8.75. The van der Waals surface area contributed by atoms with Gasteiger partial charge in [-0.25, -0.2) is 4.79 Å². The summed E-state index contributed by atoms with van der Waals surface area (Å²) in [7, 11) is 0. The summed E-state index contributed by atoms with van der Waals surface area (Å²) in [5.74, 6) is -0.334. The Morgan fingerprint density at radius 3 is 2.28 bits per heavy atom. The molecule has 3 aromatic carbocycles. The van der Waals surface area contributed by atoms with Crippen molar-refractivity contribution in [3.05, 3.63) is 103 Å². The maximum atomic E-state index is 12.6. The van der Waals surface area contributed by atoms with Crippen molar-refractivity contribution in [2.45, 2.75) is 58.6 Å². The predicted molar refractivity (Wildman–Crippen MR) is 208 cm³/mol. The fraction of sp³-hybridized carbons (Fsp3) is 0.375. The van der Waals surface area contributed by atoms with Crippen molar-refractivity contribution in [3.63, 3.8) is 0 Å². The Morgan fingerprint density at radius 1 is 1.00 bits per heavy atom. The maximum absolute atomic E-state index is 12.6. The molecule has 2 N–H and O–H groups in total. The Balaban J connectivity index is 0.00000236. The van der Waals surface area contributed by atoms with E-state index in [1.54, 1.807) is 23.4 Å². The number of rotatable bonds is 12. The van der Waals surface area contributed by atoms with E-state index >= 15 is 0 Å². The van der Waals surface area contributed by atoms with E-state index in [4.69, 9.17) is 19.6 Å². The van der Waals surface area contributed by atoms with Crippen LogP contribution in [0.4, 0.5) is 21.9 Å². The van der Waals surface area contributed by atoms with Crippen LogP contribution in [0.5, 0.6) is 5.75 Å². The fourth-order valence-electron chi connectivity index (χ4n) is 6.39. The third-order valence-corrected chi connectivity index (χ3v) is 9.45. The van der Waals surface area contributed by atoms with Gasteiger partial charge in [0.15, 0.2) is 0 Å². The molecule has 278 valence electrons. The van der Waals surface area contributed by atoms with Crippen LogP contribution < -0.4 is 24.8 Å². The average Bonchev–Trinajstić information content (AvgIpc) is 3.89. The molecule has 0 bridgehead atoms. The zero-order chi connectivity index (χ0) is 37.2. The van der Waals surface area contributed by atoms with E-state index in [-0.39, 0.29) is 24.7 Å². The number of aromatic nitrogens is 4. The molecule has 3 unspecified atom stereocenters. The zero-order valence-corrected chi connectivity index (χ0v) is 30.9. The summed E-state index contributed by atoms with van der Waals surface area (Å²) in [6.07, 6.45) is 6.65. The summed E-state index contributed by atoms with van der Waals surface area (Å²) in [6, 6.07) is 25.7. The molecule has 7 rings (SSSR count). The number of para-hydroxylation sites is 1. The van der Waals surface area contributed by atoms with Crippen molar-refractivity contribution in [2.24, 2.45) is 0 Å². The lowest BCUT2D eigenvalue weighted by atomic mass is 10.1. The summed E-state index contributed by atoms with van der Waals surface area (Å²) in [4.78, 5) is 24.8. The molecule has 4 heterocycles. The smallest absolute Gasteiger partial charge is 0.327 e. The SMILES string of the molecule is CC.CCC(C)NC(=O)N(C=N)c1ccc(N2CCN(c3ccc(OCC4COC(Cn5nccn5)(c5cnc6ccccc6c5)O4)cc3)CC2)cc1. The topological polar surface area (TPSA) is 134 Å². The largest absolute Gasteiger partial charge is 0.491 e. The molecule has 2 amide bonds. The van der Waals surface area contributed by atoms with E-state index in [1.807, 2.05) is 94.4 Å². The first-order chi connectivity index (χ1) is 25.9. The van der Waals surface area contributed by atoms with Gasteiger partial charge in [-0.15, -0.1) is 0 Å². The Bertz CT molecular complexity index is 1920. The molecule has 0 aliphatic carbocycles. The molecule has 53 heavy (non-hydrogen) atoms. The van der Waals surface area contributed by atoms with Gasteiger partial charge in [0.1, 0.15) is 25.0 Å². The van der Waals surface area contributed by atoms with Gasteiger partial charge in [-0.1, -0.05) is 39.0 Å². The Hall–Kier alpha value is -5.53. The number of ether oxygens (including phenoxy) is 3.